The van der Waals surface area contributed by atoms with E-state index in [0.29, 0.717) is 5.92 Å². The molecule has 1 heterocycles. The Balaban J connectivity index is 2.17. The van der Waals surface area contributed by atoms with Crippen LogP contribution in [0.5, 0.6) is 0 Å². The average Bonchev–Trinajstić information content (AvgIpc) is 2.97. The summed E-state index contributed by atoms with van der Waals surface area (Å²) >= 11 is 7.92. The fourth-order valence-corrected chi connectivity index (χ4v) is 3.72. The molecule has 0 saturated carbocycles. The highest BCUT2D eigenvalue weighted by atomic mass is 35.5. The minimum absolute atomic E-state index is 0.573. The van der Waals surface area contributed by atoms with Gasteiger partial charge in [0.2, 0.25) is 0 Å². The van der Waals surface area contributed by atoms with E-state index in [0.717, 1.165) is 23.4 Å². The summed E-state index contributed by atoms with van der Waals surface area (Å²) < 4.78 is 1.23. The molecule has 0 amide bonds. The molecule has 0 radical (unpaired) electrons. The molecule has 0 atom stereocenters. The molecule has 0 saturated heterocycles. The van der Waals surface area contributed by atoms with Crippen LogP contribution in [-0.4, -0.2) is 4.98 Å². The van der Waals surface area contributed by atoms with E-state index in [-0.39, 0.29) is 0 Å². The SMILES string of the molecule is CCC(CC)c1ccc(Cl)cc1-c1ccc2scnc2c1. The van der Waals surface area contributed by atoms with E-state index in [1.54, 1.807) is 11.3 Å². The topological polar surface area (TPSA) is 12.9 Å². The van der Waals surface area contributed by atoms with Gasteiger partial charge < -0.3 is 0 Å². The summed E-state index contributed by atoms with van der Waals surface area (Å²) in [5, 5.41) is 0.790. The Hall–Kier alpha value is -1.38. The van der Waals surface area contributed by atoms with E-state index in [2.05, 4.69) is 49.2 Å². The highest BCUT2D eigenvalue weighted by Crippen LogP contribution is 2.36. The van der Waals surface area contributed by atoms with Crippen molar-refractivity contribution < 1.29 is 0 Å². The third kappa shape index (κ3) is 2.83. The summed E-state index contributed by atoms with van der Waals surface area (Å²) in [5.41, 5.74) is 6.80. The zero-order chi connectivity index (χ0) is 14.8. The van der Waals surface area contributed by atoms with E-state index in [1.165, 1.54) is 21.4 Å². The number of nitrogens with zero attached hydrogens (tertiary/aromatic N) is 1. The molecule has 21 heavy (non-hydrogen) atoms. The predicted octanol–water partition coefficient (Wildman–Crippen LogP) is 6.52. The molecule has 0 aliphatic carbocycles. The van der Waals surface area contributed by atoms with Gasteiger partial charge in [-0.2, -0.15) is 0 Å². The monoisotopic (exact) mass is 315 g/mol. The molecule has 3 aromatic rings. The summed E-state index contributed by atoms with van der Waals surface area (Å²) in [6, 6.07) is 12.8. The lowest BCUT2D eigenvalue weighted by Gasteiger charge is -2.18. The second-order valence-corrected chi connectivity index (χ2v) is 6.60. The van der Waals surface area contributed by atoms with Crippen molar-refractivity contribution in [2.45, 2.75) is 32.6 Å². The van der Waals surface area contributed by atoms with Crippen LogP contribution in [0, 0.1) is 0 Å². The third-order valence-corrected chi connectivity index (χ3v) is 5.13. The summed E-state index contributed by atoms with van der Waals surface area (Å²) in [6.07, 6.45) is 2.29. The Bertz CT molecular complexity index is 759. The van der Waals surface area contributed by atoms with Gasteiger partial charge >= 0.3 is 0 Å². The highest BCUT2D eigenvalue weighted by molar-refractivity contribution is 7.16. The number of thiazole rings is 1. The molecule has 3 rings (SSSR count). The van der Waals surface area contributed by atoms with Crippen LogP contribution < -0.4 is 0 Å². The smallest absolute Gasteiger partial charge is 0.0818 e. The third-order valence-electron chi connectivity index (χ3n) is 4.08. The van der Waals surface area contributed by atoms with E-state index < -0.39 is 0 Å². The molecule has 0 spiro atoms. The first-order valence-electron chi connectivity index (χ1n) is 7.36. The van der Waals surface area contributed by atoms with E-state index in [9.17, 15) is 0 Å². The highest BCUT2D eigenvalue weighted by Gasteiger charge is 2.14. The fourth-order valence-electron chi connectivity index (χ4n) is 2.89. The van der Waals surface area contributed by atoms with Crippen molar-refractivity contribution >= 4 is 33.2 Å². The van der Waals surface area contributed by atoms with Gasteiger partial charge in [-0.05, 0) is 59.7 Å². The lowest BCUT2D eigenvalue weighted by Crippen LogP contribution is -1.98. The Morgan fingerprint density at radius 1 is 1.10 bits per heavy atom. The van der Waals surface area contributed by atoms with Gasteiger partial charge in [0.1, 0.15) is 0 Å². The normalized spacial score (nSPS) is 11.4. The first-order chi connectivity index (χ1) is 10.2. The zero-order valence-electron chi connectivity index (χ0n) is 12.3. The Labute approximate surface area is 134 Å². The van der Waals surface area contributed by atoms with Gasteiger partial charge in [0.05, 0.1) is 15.7 Å². The van der Waals surface area contributed by atoms with Crippen LogP contribution in [0.3, 0.4) is 0 Å². The first-order valence-corrected chi connectivity index (χ1v) is 8.61. The van der Waals surface area contributed by atoms with Crippen LogP contribution in [0.2, 0.25) is 5.02 Å². The molecule has 0 unspecified atom stereocenters. The number of hydrogen-bond donors (Lipinski definition) is 0. The van der Waals surface area contributed by atoms with Crippen molar-refractivity contribution in [3.8, 4) is 11.1 Å². The molecular formula is C18H18ClNS. The van der Waals surface area contributed by atoms with Crippen molar-refractivity contribution in [3.63, 3.8) is 0 Å². The van der Waals surface area contributed by atoms with Crippen LogP contribution in [0.1, 0.15) is 38.2 Å². The number of aromatic nitrogens is 1. The molecule has 1 aromatic heterocycles. The molecule has 108 valence electrons. The second kappa shape index (κ2) is 6.17. The predicted molar refractivity (Wildman–Crippen MR) is 93.4 cm³/mol. The summed E-state index contributed by atoms with van der Waals surface area (Å²) in [4.78, 5) is 4.43. The van der Waals surface area contributed by atoms with Gasteiger partial charge in [-0.1, -0.05) is 37.6 Å². The maximum absolute atomic E-state index is 6.24. The van der Waals surface area contributed by atoms with Crippen LogP contribution in [-0.2, 0) is 0 Å². The molecule has 0 fully saturated rings. The minimum atomic E-state index is 0.573. The molecule has 0 aliphatic heterocycles. The van der Waals surface area contributed by atoms with Gasteiger partial charge in [-0.25, -0.2) is 4.98 Å². The second-order valence-electron chi connectivity index (χ2n) is 5.28. The van der Waals surface area contributed by atoms with E-state index in [4.69, 9.17) is 11.6 Å². The van der Waals surface area contributed by atoms with Gasteiger partial charge in [0.25, 0.3) is 0 Å². The molecule has 0 N–H and O–H groups in total. The Morgan fingerprint density at radius 2 is 1.90 bits per heavy atom. The number of fused-ring (bicyclic) bond motifs is 1. The molecule has 1 nitrogen and oxygen atoms in total. The number of hydrogen-bond acceptors (Lipinski definition) is 2. The van der Waals surface area contributed by atoms with E-state index in [1.807, 2.05) is 11.6 Å². The quantitative estimate of drug-likeness (QED) is 0.534. The van der Waals surface area contributed by atoms with Crippen LogP contribution in [0.15, 0.2) is 41.9 Å². The Morgan fingerprint density at radius 3 is 2.67 bits per heavy atom. The lowest BCUT2D eigenvalue weighted by atomic mass is 9.87. The molecular weight excluding hydrogens is 298 g/mol. The van der Waals surface area contributed by atoms with Crippen LogP contribution in [0.25, 0.3) is 21.3 Å². The largest absolute Gasteiger partial charge is 0.245 e. The van der Waals surface area contributed by atoms with Gasteiger partial charge in [-0.15, -0.1) is 11.3 Å². The van der Waals surface area contributed by atoms with Crippen molar-refractivity contribution in [3.05, 3.63) is 52.5 Å². The summed E-state index contributed by atoms with van der Waals surface area (Å²) in [5.74, 6) is 0.573. The van der Waals surface area contributed by atoms with Crippen LogP contribution >= 0.6 is 22.9 Å². The molecule has 3 heteroatoms. The molecule has 0 aliphatic rings. The maximum Gasteiger partial charge on any atom is 0.0818 e. The summed E-state index contributed by atoms with van der Waals surface area (Å²) in [7, 11) is 0. The number of rotatable bonds is 4. The van der Waals surface area contributed by atoms with Crippen molar-refractivity contribution in [1.82, 2.24) is 4.98 Å². The fraction of sp³-hybridized carbons (Fsp3) is 0.278. The number of halogens is 1. The standard InChI is InChI=1S/C18H18ClNS/c1-3-12(4-2)15-7-6-14(19)10-16(15)13-5-8-18-17(9-13)20-11-21-18/h5-12H,3-4H2,1-2H3. The summed E-state index contributed by atoms with van der Waals surface area (Å²) in [6.45, 7) is 4.49. The zero-order valence-corrected chi connectivity index (χ0v) is 13.8. The average molecular weight is 316 g/mol. The lowest BCUT2D eigenvalue weighted by molar-refractivity contribution is 0.643. The Kier molecular flexibility index (Phi) is 4.27. The molecule has 0 bridgehead atoms. The van der Waals surface area contributed by atoms with E-state index >= 15 is 0 Å². The van der Waals surface area contributed by atoms with Crippen molar-refractivity contribution in [1.29, 1.82) is 0 Å². The van der Waals surface area contributed by atoms with Crippen molar-refractivity contribution in [2.75, 3.05) is 0 Å². The van der Waals surface area contributed by atoms with Gasteiger partial charge in [-0.3, -0.25) is 0 Å². The number of benzene rings is 2. The molecule has 2 aromatic carbocycles. The van der Waals surface area contributed by atoms with Crippen molar-refractivity contribution in [2.24, 2.45) is 0 Å². The van der Waals surface area contributed by atoms with Crippen LogP contribution in [0.4, 0.5) is 0 Å². The minimum Gasteiger partial charge on any atom is -0.245 e. The van der Waals surface area contributed by atoms with Gasteiger partial charge in [0, 0.05) is 5.02 Å². The first kappa shape index (κ1) is 14.6. The maximum atomic E-state index is 6.24. The van der Waals surface area contributed by atoms with Gasteiger partial charge in [0.15, 0.2) is 0 Å².